The smallest absolute Gasteiger partial charge is 0.0306 e. The average molecular weight is 210 g/mol. The second kappa shape index (κ2) is 4.84. The number of hydrogen-bond donors (Lipinski definition) is 2. The van der Waals surface area contributed by atoms with Gasteiger partial charge in [-0.2, -0.15) is 0 Å². The van der Waals surface area contributed by atoms with Crippen LogP contribution in [-0.2, 0) is 0 Å². The molecule has 0 radical (unpaired) electrons. The minimum absolute atomic E-state index is 0.301. The Hall–Kier alpha value is -0.0800. The predicted octanol–water partition coefficient (Wildman–Crippen LogP) is 2.28. The lowest BCUT2D eigenvalue weighted by molar-refractivity contribution is 0.322. The lowest BCUT2D eigenvalue weighted by Gasteiger charge is -2.29. The van der Waals surface area contributed by atoms with Gasteiger partial charge in [0.05, 0.1) is 0 Å². The number of rotatable bonds is 6. The van der Waals surface area contributed by atoms with Gasteiger partial charge in [0.15, 0.2) is 0 Å². The summed E-state index contributed by atoms with van der Waals surface area (Å²) < 4.78 is 0. The lowest BCUT2D eigenvalue weighted by atomic mass is 9.95. The van der Waals surface area contributed by atoms with Gasteiger partial charge < -0.3 is 11.1 Å². The van der Waals surface area contributed by atoms with Crippen molar-refractivity contribution in [3.63, 3.8) is 0 Å². The third-order valence-corrected chi connectivity index (χ3v) is 4.43. The van der Waals surface area contributed by atoms with Crippen molar-refractivity contribution in [2.75, 3.05) is 13.1 Å². The summed E-state index contributed by atoms with van der Waals surface area (Å²) in [6.45, 7) is 4.33. The molecule has 88 valence electrons. The van der Waals surface area contributed by atoms with Crippen molar-refractivity contribution in [2.45, 2.75) is 57.4 Å². The zero-order valence-corrected chi connectivity index (χ0v) is 10.1. The first-order valence-corrected chi connectivity index (χ1v) is 6.73. The normalized spacial score (nSPS) is 36.0. The molecule has 3 N–H and O–H groups in total. The largest absolute Gasteiger partial charge is 0.329 e. The van der Waals surface area contributed by atoms with Crippen LogP contribution in [-0.4, -0.2) is 18.6 Å². The van der Waals surface area contributed by atoms with E-state index in [9.17, 15) is 0 Å². The zero-order chi connectivity index (χ0) is 10.7. The molecule has 15 heavy (non-hydrogen) atoms. The lowest BCUT2D eigenvalue weighted by Crippen LogP contribution is -2.49. The van der Waals surface area contributed by atoms with Crippen LogP contribution >= 0.6 is 0 Å². The predicted molar refractivity (Wildman–Crippen MR) is 64.8 cm³/mol. The Morgan fingerprint density at radius 1 is 1.27 bits per heavy atom. The van der Waals surface area contributed by atoms with Crippen molar-refractivity contribution in [1.29, 1.82) is 0 Å². The molecule has 2 nitrogen and oxygen atoms in total. The van der Waals surface area contributed by atoms with E-state index >= 15 is 0 Å². The highest BCUT2D eigenvalue weighted by Gasteiger charge is 2.36. The van der Waals surface area contributed by atoms with Gasteiger partial charge in [0.25, 0.3) is 0 Å². The maximum atomic E-state index is 5.96. The van der Waals surface area contributed by atoms with E-state index in [1.807, 2.05) is 0 Å². The standard InChI is InChI=1S/C13H26N2/c1-2-11-5-7-13(9-11,10-14)15-8-6-12-3-4-12/h11-12,15H,2-10,14H2,1H3. The van der Waals surface area contributed by atoms with Crippen LogP contribution in [0.2, 0.25) is 0 Å². The molecule has 0 bridgehead atoms. The van der Waals surface area contributed by atoms with Crippen LogP contribution in [0.5, 0.6) is 0 Å². The second-order valence-electron chi connectivity index (χ2n) is 5.66. The summed E-state index contributed by atoms with van der Waals surface area (Å²) in [6.07, 6.45) is 9.62. The highest BCUT2D eigenvalue weighted by molar-refractivity contribution is 4.97. The molecule has 0 amide bonds. The summed E-state index contributed by atoms with van der Waals surface area (Å²) in [4.78, 5) is 0. The fourth-order valence-corrected chi connectivity index (χ4v) is 2.95. The van der Waals surface area contributed by atoms with E-state index in [-0.39, 0.29) is 0 Å². The average Bonchev–Trinajstić information content (AvgIpc) is 2.98. The zero-order valence-electron chi connectivity index (χ0n) is 10.1. The fourth-order valence-electron chi connectivity index (χ4n) is 2.95. The van der Waals surface area contributed by atoms with Crippen molar-refractivity contribution in [3.8, 4) is 0 Å². The highest BCUT2D eigenvalue weighted by atomic mass is 15.0. The topological polar surface area (TPSA) is 38.0 Å². The number of nitrogens with one attached hydrogen (secondary N) is 1. The molecule has 2 rings (SSSR count). The molecule has 0 saturated heterocycles. The van der Waals surface area contributed by atoms with Gasteiger partial charge in [-0.1, -0.05) is 26.2 Å². The Bertz CT molecular complexity index is 201. The van der Waals surface area contributed by atoms with Gasteiger partial charge in [-0.15, -0.1) is 0 Å². The Morgan fingerprint density at radius 3 is 2.60 bits per heavy atom. The van der Waals surface area contributed by atoms with Gasteiger partial charge in [0.1, 0.15) is 0 Å². The first kappa shape index (κ1) is 11.4. The maximum Gasteiger partial charge on any atom is 0.0306 e. The molecule has 0 heterocycles. The molecule has 2 atom stereocenters. The van der Waals surface area contributed by atoms with E-state index in [1.165, 1.54) is 51.5 Å². The quantitative estimate of drug-likeness (QED) is 0.706. The van der Waals surface area contributed by atoms with Gasteiger partial charge in [-0.05, 0) is 44.1 Å². The molecule has 2 aliphatic rings. The molecule has 2 heteroatoms. The molecule has 2 unspecified atom stereocenters. The van der Waals surface area contributed by atoms with E-state index in [4.69, 9.17) is 5.73 Å². The van der Waals surface area contributed by atoms with Gasteiger partial charge in [0.2, 0.25) is 0 Å². The Morgan fingerprint density at radius 2 is 2.07 bits per heavy atom. The molecular formula is C13H26N2. The monoisotopic (exact) mass is 210 g/mol. The molecular weight excluding hydrogens is 184 g/mol. The fraction of sp³-hybridized carbons (Fsp3) is 1.00. The summed E-state index contributed by atoms with van der Waals surface area (Å²) in [5.74, 6) is 1.96. The van der Waals surface area contributed by atoms with Crippen LogP contribution in [0.15, 0.2) is 0 Å². The Kier molecular flexibility index (Phi) is 3.68. The Labute approximate surface area is 94.0 Å². The van der Waals surface area contributed by atoms with E-state index in [0.717, 1.165) is 18.4 Å². The molecule has 2 saturated carbocycles. The minimum atomic E-state index is 0.301. The SMILES string of the molecule is CCC1CCC(CN)(NCCC2CC2)C1. The van der Waals surface area contributed by atoms with Crippen molar-refractivity contribution in [1.82, 2.24) is 5.32 Å². The van der Waals surface area contributed by atoms with Crippen LogP contribution in [0, 0.1) is 11.8 Å². The highest BCUT2D eigenvalue weighted by Crippen LogP contribution is 2.36. The van der Waals surface area contributed by atoms with Crippen LogP contribution < -0.4 is 11.1 Å². The summed E-state index contributed by atoms with van der Waals surface area (Å²) in [5, 5.41) is 3.76. The third kappa shape index (κ3) is 2.94. The van der Waals surface area contributed by atoms with E-state index < -0.39 is 0 Å². The van der Waals surface area contributed by atoms with Crippen LogP contribution in [0.3, 0.4) is 0 Å². The summed E-state index contributed by atoms with van der Waals surface area (Å²) >= 11 is 0. The van der Waals surface area contributed by atoms with Crippen molar-refractivity contribution < 1.29 is 0 Å². The molecule has 0 aliphatic heterocycles. The van der Waals surface area contributed by atoms with Gasteiger partial charge >= 0.3 is 0 Å². The van der Waals surface area contributed by atoms with E-state index in [1.54, 1.807) is 0 Å². The molecule has 0 aromatic carbocycles. The minimum Gasteiger partial charge on any atom is -0.329 e. The molecule has 0 aromatic heterocycles. The van der Waals surface area contributed by atoms with E-state index in [2.05, 4.69) is 12.2 Å². The van der Waals surface area contributed by atoms with Crippen molar-refractivity contribution in [3.05, 3.63) is 0 Å². The van der Waals surface area contributed by atoms with Crippen LogP contribution in [0.4, 0.5) is 0 Å². The van der Waals surface area contributed by atoms with Crippen LogP contribution in [0.25, 0.3) is 0 Å². The van der Waals surface area contributed by atoms with Gasteiger partial charge in [-0.25, -0.2) is 0 Å². The van der Waals surface area contributed by atoms with Crippen molar-refractivity contribution in [2.24, 2.45) is 17.6 Å². The van der Waals surface area contributed by atoms with E-state index in [0.29, 0.717) is 5.54 Å². The Balaban J connectivity index is 1.74. The van der Waals surface area contributed by atoms with Gasteiger partial charge in [-0.3, -0.25) is 0 Å². The summed E-state index contributed by atoms with van der Waals surface area (Å²) in [5.41, 5.74) is 6.26. The molecule has 0 spiro atoms. The molecule has 2 fully saturated rings. The first-order valence-electron chi connectivity index (χ1n) is 6.73. The number of nitrogens with two attached hydrogens (primary N) is 1. The maximum absolute atomic E-state index is 5.96. The molecule has 0 aromatic rings. The summed E-state index contributed by atoms with van der Waals surface area (Å²) in [6, 6.07) is 0. The van der Waals surface area contributed by atoms with Crippen molar-refractivity contribution >= 4 is 0 Å². The summed E-state index contributed by atoms with van der Waals surface area (Å²) in [7, 11) is 0. The van der Waals surface area contributed by atoms with Gasteiger partial charge in [0, 0.05) is 12.1 Å². The second-order valence-corrected chi connectivity index (χ2v) is 5.66. The first-order chi connectivity index (χ1) is 7.28. The van der Waals surface area contributed by atoms with Crippen LogP contribution in [0.1, 0.15) is 51.9 Å². The molecule has 2 aliphatic carbocycles. The number of hydrogen-bond acceptors (Lipinski definition) is 2. The third-order valence-electron chi connectivity index (χ3n) is 4.43.